The summed E-state index contributed by atoms with van der Waals surface area (Å²) >= 11 is 0. The van der Waals surface area contributed by atoms with Crippen molar-refractivity contribution in [3.8, 4) is 0 Å². The van der Waals surface area contributed by atoms with Crippen molar-refractivity contribution in [3.05, 3.63) is 70.8 Å². The molecule has 2 aromatic rings. The van der Waals surface area contributed by atoms with E-state index in [1.54, 1.807) is 31.2 Å². The van der Waals surface area contributed by atoms with Gasteiger partial charge in [-0.15, -0.1) is 0 Å². The van der Waals surface area contributed by atoms with E-state index in [9.17, 15) is 19.2 Å². The molecule has 2 aromatic carbocycles. The molecule has 1 aliphatic heterocycles. The molecule has 1 fully saturated rings. The standard InChI is InChI=1S/C24H27N3O5/c1-4-5-16-8-12-19(13-9-16)24(2)22(30)27(23(31)26-24)15-20(28)25-14-17-6-10-18(11-7-17)21(29)32-3/h6-13H,4-5,14-15H2,1-3H3,(H,25,28)(H,26,31)/t24-/m0/s1. The Labute approximate surface area is 186 Å². The van der Waals surface area contributed by atoms with E-state index in [1.807, 2.05) is 24.3 Å². The summed E-state index contributed by atoms with van der Waals surface area (Å²) in [6.45, 7) is 3.55. The highest BCUT2D eigenvalue weighted by Crippen LogP contribution is 2.29. The van der Waals surface area contributed by atoms with E-state index in [0.717, 1.165) is 28.9 Å². The van der Waals surface area contributed by atoms with Crippen molar-refractivity contribution in [2.75, 3.05) is 13.7 Å². The van der Waals surface area contributed by atoms with Gasteiger partial charge in [-0.1, -0.05) is 49.7 Å². The molecule has 1 saturated heterocycles. The molecule has 0 radical (unpaired) electrons. The number of carbonyl (C=O) groups is 4. The fourth-order valence-electron chi connectivity index (χ4n) is 3.61. The number of esters is 1. The Kier molecular flexibility index (Phi) is 6.92. The van der Waals surface area contributed by atoms with Crippen LogP contribution >= 0.6 is 0 Å². The number of amides is 4. The van der Waals surface area contributed by atoms with Gasteiger partial charge in [0.15, 0.2) is 0 Å². The minimum atomic E-state index is -1.22. The minimum Gasteiger partial charge on any atom is -0.465 e. The molecule has 0 bridgehead atoms. The normalized spacial score (nSPS) is 17.8. The second-order valence-electron chi connectivity index (χ2n) is 7.86. The molecule has 1 heterocycles. The van der Waals surface area contributed by atoms with E-state index in [4.69, 9.17) is 0 Å². The van der Waals surface area contributed by atoms with Crippen LogP contribution in [0.1, 0.15) is 47.3 Å². The third kappa shape index (κ3) is 4.80. The van der Waals surface area contributed by atoms with Gasteiger partial charge < -0.3 is 15.4 Å². The highest BCUT2D eigenvalue weighted by Gasteiger charge is 2.49. The van der Waals surface area contributed by atoms with Crippen LogP contribution in [0.3, 0.4) is 0 Å². The van der Waals surface area contributed by atoms with Crippen molar-refractivity contribution in [1.29, 1.82) is 0 Å². The average Bonchev–Trinajstić information content (AvgIpc) is 3.02. The van der Waals surface area contributed by atoms with Gasteiger partial charge in [-0.2, -0.15) is 0 Å². The molecule has 0 unspecified atom stereocenters. The van der Waals surface area contributed by atoms with Crippen LogP contribution in [0.2, 0.25) is 0 Å². The summed E-state index contributed by atoms with van der Waals surface area (Å²) in [5.41, 5.74) is 1.78. The van der Waals surface area contributed by atoms with Gasteiger partial charge in [-0.25, -0.2) is 9.59 Å². The lowest BCUT2D eigenvalue weighted by Crippen LogP contribution is -2.43. The molecule has 8 nitrogen and oxygen atoms in total. The third-order valence-corrected chi connectivity index (χ3v) is 5.51. The second-order valence-corrected chi connectivity index (χ2v) is 7.86. The molecule has 1 aliphatic rings. The van der Waals surface area contributed by atoms with Crippen LogP contribution in [0.15, 0.2) is 48.5 Å². The largest absolute Gasteiger partial charge is 0.465 e. The van der Waals surface area contributed by atoms with Crippen LogP contribution in [-0.4, -0.2) is 42.4 Å². The van der Waals surface area contributed by atoms with E-state index in [-0.39, 0.29) is 13.1 Å². The maximum Gasteiger partial charge on any atom is 0.337 e. The maximum absolute atomic E-state index is 13.0. The Morgan fingerprint density at radius 3 is 2.25 bits per heavy atom. The first kappa shape index (κ1) is 23.0. The quantitative estimate of drug-likeness (QED) is 0.488. The first-order valence-electron chi connectivity index (χ1n) is 10.5. The minimum absolute atomic E-state index is 0.195. The van der Waals surface area contributed by atoms with Gasteiger partial charge in [0.25, 0.3) is 5.91 Å². The van der Waals surface area contributed by atoms with Crippen LogP contribution in [0.5, 0.6) is 0 Å². The molecule has 8 heteroatoms. The number of benzene rings is 2. The van der Waals surface area contributed by atoms with Crippen LogP contribution in [-0.2, 0) is 32.8 Å². The summed E-state index contributed by atoms with van der Waals surface area (Å²) in [5.74, 6) is -1.38. The SMILES string of the molecule is CCCc1ccc([C@]2(C)NC(=O)N(CC(=O)NCc3ccc(C(=O)OC)cc3)C2=O)cc1. The average molecular weight is 437 g/mol. The third-order valence-electron chi connectivity index (χ3n) is 5.51. The van der Waals surface area contributed by atoms with Crippen molar-refractivity contribution in [2.45, 2.75) is 38.8 Å². The van der Waals surface area contributed by atoms with Crippen molar-refractivity contribution in [1.82, 2.24) is 15.5 Å². The number of nitrogens with one attached hydrogen (secondary N) is 2. The van der Waals surface area contributed by atoms with Gasteiger partial charge in [-0.05, 0) is 42.2 Å². The van der Waals surface area contributed by atoms with E-state index in [2.05, 4.69) is 22.3 Å². The number of aryl methyl sites for hydroxylation is 1. The summed E-state index contributed by atoms with van der Waals surface area (Å²) < 4.78 is 4.65. The summed E-state index contributed by atoms with van der Waals surface area (Å²) in [5, 5.41) is 5.40. The fourth-order valence-corrected chi connectivity index (χ4v) is 3.61. The summed E-state index contributed by atoms with van der Waals surface area (Å²) in [6.07, 6.45) is 1.96. The molecule has 0 spiro atoms. The summed E-state index contributed by atoms with van der Waals surface area (Å²) in [6, 6.07) is 13.6. The summed E-state index contributed by atoms with van der Waals surface area (Å²) in [4.78, 5) is 50.3. The zero-order valence-electron chi connectivity index (χ0n) is 18.4. The van der Waals surface area contributed by atoms with E-state index >= 15 is 0 Å². The predicted octanol–water partition coefficient (Wildman–Crippen LogP) is 2.51. The van der Waals surface area contributed by atoms with Gasteiger partial charge in [-0.3, -0.25) is 14.5 Å². The van der Waals surface area contributed by atoms with Crippen LogP contribution < -0.4 is 10.6 Å². The molecular weight excluding hydrogens is 410 g/mol. The predicted molar refractivity (Wildman–Crippen MR) is 118 cm³/mol. The van der Waals surface area contributed by atoms with Gasteiger partial charge in [0, 0.05) is 6.54 Å². The van der Waals surface area contributed by atoms with Crippen LogP contribution in [0, 0.1) is 0 Å². The molecule has 168 valence electrons. The Morgan fingerprint density at radius 1 is 1.03 bits per heavy atom. The van der Waals surface area contributed by atoms with Crippen molar-refractivity contribution < 1.29 is 23.9 Å². The molecule has 0 aromatic heterocycles. The maximum atomic E-state index is 13.0. The Hall–Kier alpha value is -3.68. The summed E-state index contributed by atoms with van der Waals surface area (Å²) in [7, 11) is 1.30. The lowest BCUT2D eigenvalue weighted by molar-refractivity contribution is -0.134. The molecule has 0 aliphatic carbocycles. The topological polar surface area (TPSA) is 105 Å². The number of rotatable bonds is 8. The number of nitrogens with zero attached hydrogens (tertiary/aromatic N) is 1. The van der Waals surface area contributed by atoms with Crippen LogP contribution in [0.25, 0.3) is 0 Å². The lowest BCUT2D eigenvalue weighted by atomic mass is 9.91. The zero-order chi connectivity index (χ0) is 23.3. The Morgan fingerprint density at radius 2 is 1.66 bits per heavy atom. The first-order valence-corrected chi connectivity index (χ1v) is 10.5. The number of methoxy groups -OCH3 is 1. The zero-order valence-corrected chi connectivity index (χ0v) is 18.4. The first-order chi connectivity index (χ1) is 15.3. The van der Waals surface area contributed by atoms with Crippen molar-refractivity contribution in [2.24, 2.45) is 0 Å². The number of hydrogen-bond donors (Lipinski definition) is 2. The smallest absolute Gasteiger partial charge is 0.337 e. The van der Waals surface area contributed by atoms with E-state index in [1.165, 1.54) is 7.11 Å². The molecule has 2 N–H and O–H groups in total. The van der Waals surface area contributed by atoms with Gasteiger partial charge in [0.2, 0.25) is 5.91 Å². The highest BCUT2D eigenvalue weighted by atomic mass is 16.5. The van der Waals surface area contributed by atoms with Gasteiger partial charge in [0.05, 0.1) is 12.7 Å². The second kappa shape index (κ2) is 9.64. The lowest BCUT2D eigenvalue weighted by Gasteiger charge is -2.22. The molecule has 4 amide bonds. The number of ether oxygens (including phenoxy) is 1. The van der Waals surface area contributed by atoms with E-state index in [0.29, 0.717) is 11.1 Å². The van der Waals surface area contributed by atoms with E-state index < -0.39 is 29.4 Å². The van der Waals surface area contributed by atoms with Gasteiger partial charge in [0.1, 0.15) is 12.1 Å². The van der Waals surface area contributed by atoms with Crippen molar-refractivity contribution in [3.63, 3.8) is 0 Å². The molecule has 1 atom stereocenters. The van der Waals surface area contributed by atoms with Crippen molar-refractivity contribution >= 4 is 23.8 Å². The van der Waals surface area contributed by atoms with Crippen LogP contribution in [0.4, 0.5) is 4.79 Å². The molecule has 3 rings (SSSR count). The number of carbonyl (C=O) groups excluding carboxylic acids is 4. The number of hydrogen-bond acceptors (Lipinski definition) is 5. The monoisotopic (exact) mass is 437 g/mol. The van der Waals surface area contributed by atoms with Gasteiger partial charge >= 0.3 is 12.0 Å². The Bertz CT molecular complexity index is 1020. The number of imide groups is 1. The Balaban J connectivity index is 1.61. The molecule has 32 heavy (non-hydrogen) atoms. The fraction of sp³-hybridized carbons (Fsp3) is 0.333. The highest BCUT2D eigenvalue weighted by molar-refractivity contribution is 6.09. The molecule has 0 saturated carbocycles. The number of urea groups is 1. The molecular formula is C24H27N3O5.